The van der Waals surface area contributed by atoms with Crippen molar-refractivity contribution in [1.82, 2.24) is 0 Å². The largest absolute Gasteiger partial charge is 0.270 e. The molecule has 15 heavy (non-hydrogen) atoms. The molecule has 0 heterocycles. The highest BCUT2D eigenvalue weighted by Gasteiger charge is 2.02. The topological polar surface area (TPSA) is 43.1 Å². The van der Waals surface area contributed by atoms with E-state index in [-0.39, 0.29) is 5.69 Å². The molecular formula is C12H13NO2. The van der Waals surface area contributed by atoms with Crippen LogP contribution in [0, 0.1) is 10.1 Å². The molecule has 0 fully saturated rings. The molecule has 3 nitrogen and oxygen atoms in total. The molecule has 0 amide bonds. The third-order valence-corrected chi connectivity index (χ3v) is 1.80. The first-order valence-electron chi connectivity index (χ1n) is 4.65. The quantitative estimate of drug-likeness (QED) is 0.428. The summed E-state index contributed by atoms with van der Waals surface area (Å²) in [5.41, 5.74) is 2.15. The van der Waals surface area contributed by atoms with Crippen LogP contribution in [0.1, 0.15) is 19.4 Å². The van der Waals surface area contributed by atoms with Crippen molar-refractivity contribution in [3.63, 3.8) is 0 Å². The van der Waals surface area contributed by atoms with E-state index in [1.807, 2.05) is 38.1 Å². The normalized spacial score (nSPS) is 10.3. The molecule has 0 aliphatic heterocycles. The number of nitrogens with zero attached hydrogens (tertiary/aromatic N) is 1. The monoisotopic (exact) mass is 203 g/mol. The molecule has 3 heteroatoms. The Bertz CT molecular complexity index is 415. The second-order valence-corrected chi connectivity index (χ2v) is 3.46. The van der Waals surface area contributed by atoms with Gasteiger partial charge in [-0.3, -0.25) is 10.1 Å². The van der Waals surface area contributed by atoms with Gasteiger partial charge in [0.25, 0.3) is 5.69 Å². The van der Waals surface area contributed by atoms with Crippen LogP contribution in [0.2, 0.25) is 0 Å². The van der Waals surface area contributed by atoms with Gasteiger partial charge in [-0.15, -0.1) is 0 Å². The molecule has 0 aliphatic carbocycles. The average molecular weight is 203 g/mol. The van der Waals surface area contributed by atoms with Crippen LogP contribution in [0.15, 0.2) is 42.0 Å². The Labute approximate surface area is 88.9 Å². The highest BCUT2D eigenvalue weighted by molar-refractivity contribution is 5.54. The first kappa shape index (κ1) is 11.2. The molecule has 0 bridgehead atoms. The average Bonchev–Trinajstić information content (AvgIpc) is 2.17. The lowest BCUT2D eigenvalue weighted by Crippen LogP contribution is -1.87. The number of rotatable bonds is 3. The predicted molar refractivity (Wildman–Crippen MR) is 61.6 cm³/mol. The van der Waals surface area contributed by atoms with E-state index in [1.165, 1.54) is 11.6 Å². The maximum Gasteiger partial charge on any atom is 0.270 e. The van der Waals surface area contributed by atoms with Gasteiger partial charge in [-0.1, -0.05) is 35.9 Å². The molecule has 1 aromatic carbocycles. The summed E-state index contributed by atoms with van der Waals surface area (Å²) in [6.45, 7) is 4.00. The van der Waals surface area contributed by atoms with Crippen LogP contribution < -0.4 is 0 Å². The fourth-order valence-corrected chi connectivity index (χ4v) is 1.09. The summed E-state index contributed by atoms with van der Waals surface area (Å²) in [5.74, 6) is 0. The first-order chi connectivity index (χ1) is 7.09. The molecule has 78 valence electrons. The van der Waals surface area contributed by atoms with Crippen molar-refractivity contribution in [3.05, 3.63) is 57.7 Å². The van der Waals surface area contributed by atoms with E-state index >= 15 is 0 Å². The van der Waals surface area contributed by atoms with Gasteiger partial charge >= 0.3 is 0 Å². The number of non-ortho nitro benzene ring substituents is 1. The van der Waals surface area contributed by atoms with Crippen LogP contribution in [-0.4, -0.2) is 4.92 Å². The number of hydrogen-bond donors (Lipinski definition) is 0. The zero-order valence-electron chi connectivity index (χ0n) is 8.81. The van der Waals surface area contributed by atoms with Crippen molar-refractivity contribution in [2.45, 2.75) is 13.8 Å². The zero-order chi connectivity index (χ0) is 11.3. The lowest BCUT2D eigenvalue weighted by atomic mass is 10.2. The summed E-state index contributed by atoms with van der Waals surface area (Å²) in [5, 5.41) is 10.5. The van der Waals surface area contributed by atoms with Gasteiger partial charge in [0.15, 0.2) is 0 Å². The number of nitro benzene ring substituents is 1. The number of allylic oxidation sites excluding steroid dienone is 3. The smallest absolute Gasteiger partial charge is 0.258 e. The highest BCUT2D eigenvalue weighted by atomic mass is 16.6. The summed E-state index contributed by atoms with van der Waals surface area (Å²) < 4.78 is 0. The van der Waals surface area contributed by atoms with Crippen LogP contribution in [0.4, 0.5) is 5.69 Å². The third kappa shape index (κ3) is 3.77. The van der Waals surface area contributed by atoms with Crippen LogP contribution in [0.3, 0.4) is 0 Å². The molecule has 1 rings (SSSR count). The van der Waals surface area contributed by atoms with Gasteiger partial charge in [-0.05, 0) is 19.4 Å². The number of hydrogen-bond acceptors (Lipinski definition) is 2. The van der Waals surface area contributed by atoms with Gasteiger partial charge in [0.2, 0.25) is 0 Å². The Kier molecular flexibility index (Phi) is 3.80. The van der Waals surface area contributed by atoms with Crippen LogP contribution in [0.25, 0.3) is 6.08 Å². The third-order valence-electron chi connectivity index (χ3n) is 1.80. The molecule has 0 radical (unpaired) electrons. The Balaban J connectivity index is 2.87. The molecule has 1 aromatic rings. The van der Waals surface area contributed by atoms with Crippen molar-refractivity contribution in [1.29, 1.82) is 0 Å². The predicted octanol–water partition coefficient (Wildman–Crippen LogP) is 3.57. The Morgan fingerprint density at radius 1 is 1.40 bits per heavy atom. The second-order valence-electron chi connectivity index (χ2n) is 3.46. The lowest BCUT2D eigenvalue weighted by Gasteiger charge is -1.93. The molecule has 0 saturated carbocycles. The minimum atomic E-state index is -0.391. The molecule has 0 aliphatic rings. The van der Waals surface area contributed by atoms with E-state index in [2.05, 4.69) is 0 Å². The summed E-state index contributed by atoms with van der Waals surface area (Å²) in [6, 6.07) is 6.55. The minimum Gasteiger partial charge on any atom is -0.258 e. The summed E-state index contributed by atoms with van der Waals surface area (Å²) in [4.78, 5) is 10.1. The molecule has 0 atom stereocenters. The zero-order valence-corrected chi connectivity index (χ0v) is 8.81. The van der Waals surface area contributed by atoms with E-state index in [9.17, 15) is 10.1 Å². The maximum atomic E-state index is 10.5. The standard InChI is InChI=1S/C12H13NO2/c1-10(2)5-3-6-11-7-4-8-12(9-11)13(14)15/h3-9H,1-2H3/b6-3-. The van der Waals surface area contributed by atoms with Gasteiger partial charge in [-0.25, -0.2) is 0 Å². The summed E-state index contributed by atoms with van der Waals surface area (Å²) in [6.07, 6.45) is 5.69. The maximum absolute atomic E-state index is 10.5. The van der Waals surface area contributed by atoms with Crippen molar-refractivity contribution >= 4 is 11.8 Å². The van der Waals surface area contributed by atoms with E-state index in [1.54, 1.807) is 12.1 Å². The van der Waals surface area contributed by atoms with Crippen molar-refractivity contribution in [2.24, 2.45) is 0 Å². The fourth-order valence-electron chi connectivity index (χ4n) is 1.09. The van der Waals surface area contributed by atoms with Gasteiger partial charge in [-0.2, -0.15) is 0 Å². The second kappa shape index (κ2) is 5.10. The molecule has 0 aromatic heterocycles. The van der Waals surface area contributed by atoms with Crippen molar-refractivity contribution in [2.75, 3.05) is 0 Å². The molecule has 0 spiro atoms. The fraction of sp³-hybridized carbons (Fsp3) is 0.167. The van der Waals surface area contributed by atoms with E-state index in [4.69, 9.17) is 0 Å². The molecule has 0 saturated heterocycles. The van der Waals surface area contributed by atoms with Gasteiger partial charge in [0.1, 0.15) is 0 Å². The minimum absolute atomic E-state index is 0.120. The Morgan fingerprint density at radius 3 is 2.73 bits per heavy atom. The van der Waals surface area contributed by atoms with Crippen LogP contribution in [-0.2, 0) is 0 Å². The van der Waals surface area contributed by atoms with Crippen LogP contribution in [0.5, 0.6) is 0 Å². The number of nitro groups is 1. The molecule has 0 unspecified atom stereocenters. The first-order valence-corrected chi connectivity index (χ1v) is 4.65. The van der Waals surface area contributed by atoms with E-state index in [0.29, 0.717) is 0 Å². The Hall–Kier alpha value is -1.90. The SMILES string of the molecule is CC(C)=C/C=C\c1cccc([N+](=O)[O-])c1. The van der Waals surface area contributed by atoms with Gasteiger partial charge in [0.05, 0.1) is 4.92 Å². The van der Waals surface area contributed by atoms with Crippen molar-refractivity contribution in [3.8, 4) is 0 Å². The van der Waals surface area contributed by atoms with E-state index < -0.39 is 4.92 Å². The van der Waals surface area contributed by atoms with Crippen molar-refractivity contribution < 1.29 is 4.92 Å². The highest BCUT2D eigenvalue weighted by Crippen LogP contribution is 2.14. The van der Waals surface area contributed by atoms with Gasteiger partial charge in [0, 0.05) is 12.1 Å². The molecule has 0 N–H and O–H groups in total. The molecular weight excluding hydrogens is 190 g/mol. The number of benzene rings is 1. The van der Waals surface area contributed by atoms with Gasteiger partial charge < -0.3 is 0 Å². The summed E-state index contributed by atoms with van der Waals surface area (Å²) in [7, 11) is 0. The lowest BCUT2D eigenvalue weighted by molar-refractivity contribution is -0.384. The van der Waals surface area contributed by atoms with E-state index in [0.717, 1.165) is 5.56 Å². The van der Waals surface area contributed by atoms with Crippen LogP contribution >= 0.6 is 0 Å². The summed E-state index contributed by atoms with van der Waals surface area (Å²) >= 11 is 0. The Morgan fingerprint density at radius 2 is 2.13 bits per heavy atom.